The average molecular weight is 267 g/mol. The van der Waals surface area contributed by atoms with Crippen molar-refractivity contribution in [2.45, 2.75) is 39.2 Å². The minimum absolute atomic E-state index is 0.00271. The Morgan fingerprint density at radius 1 is 1.47 bits per heavy atom. The summed E-state index contributed by atoms with van der Waals surface area (Å²) in [5.74, 6) is -0.401. The van der Waals surface area contributed by atoms with Gasteiger partial charge in [0.15, 0.2) is 0 Å². The zero-order chi connectivity index (χ0) is 13.9. The molecule has 5 heteroatoms. The second-order valence-corrected chi connectivity index (χ2v) is 5.50. The first-order valence-electron chi connectivity index (χ1n) is 6.70. The maximum atomic E-state index is 10.9. The van der Waals surface area contributed by atoms with E-state index in [9.17, 15) is 9.90 Å². The summed E-state index contributed by atoms with van der Waals surface area (Å²) in [5, 5.41) is 21.7. The van der Waals surface area contributed by atoms with Crippen LogP contribution in [-0.2, 0) is 6.54 Å². The Kier molecular flexibility index (Phi) is 4.27. The van der Waals surface area contributed by atoms with Gasteiger partial charge in [0, 0.05) is 24.1 Å². The number of aliphatic hydroxyl groups excluding tert-OH is 1. The van der Waals surface area contributed by atoms with Gasteiger partial charge in [-0.05, 0) is 25.8 Å². The number of carboxylic acid groups (broad SMARTS) is 1. The highest BCUT2D eigenvalue weighted by Gasteiger charge is 2.32. The highest BCUT2D eigenvalue weighted by molar-refractivity contribution is 5.86. The Labute approximate surface area is 112 Å². The lowest BCUT2D eigenvalue weighted by molar-refractivity contribution is 0.0659. The molecule has 0 unspecified atom stereocenters. The van der Waals surface area contributed by atoms with Crippen molar-refractivity contribution < 1.29 is 19.4 Å². The fraction of sp³-hybridized carbons (Fsp3) is 0.643. The summed E-state index contributed by atoms with van der Waals surface area (Å²) >= 11 is 0. The molecule has 0 saturated heterocycles. The third-order valence-corrected chi connectivity index (χ3v) is 3.96. The SMILES string of the molecule is Cc1cc(CNCC2(CO)CCCC2)oc1C(=O)O. The zero-order valence-corrected chi connectivity index (χ0v) is 11.2. The molecule has 1 fully saturated rings. The van der Waals surface area contributed by atoms with Crippen LogP contribution in [0.2, 0.25) is 0 Å². The number of aromatic carboxylic acids is 1. The van der Waals surface area contributed by atoms with Crippen LogP contribution in [0.15, 0.2) is 10.5 Å². The van der Waals surface area contributed by atoms with Gasteiger partial charge in [-0.25, -0.2) is 4.79 Å². The van der Waals surface area contributed by atoms with Crippen LogP contribution in [-0.4, -0.2) is 29.3 Å². The second-order valence-electron chi connectivity index (χ2n) is 5.50. The molecule has 5 nitrogen and oxygen atoms in total. The molecule has 1 saturated carbocycles. The number of carbonyl (C=O) groups is 1. The third kappa shape index (κ3) is 3.16. The predicted octanol–water partition coefficient (Wildman–Crippen LogP) is 1.93. The van der Waals surface area contributed by atoms with Crippen molar-refractivity contribution in [1.29, 1.82) is 0 Å². The summed E-state index contributed by atoms with van der Waals surface area (Å²) < 4.78 is 5.28. The number of nitrogens with one attached hydrogen (secondary N) is 1. The van der Waals surface area contributed by atoms with Crippen molar-refractivity contribution in [3.05, 3.63) is 23.2 Å². The molecule has 1 aromatic rings. The molecule has 0 aliphatic heterocycles. The van der Waals surface area contributed by atoms with Crippen LogP contribution >= 0.6 is 0 Å². The second kappa shape index (κ2) is 5.75. The molecular formula is C14H21NO4. The lowest BCUT2D eigenvalue weighted by atomic mass is 9.87. The van der Waals surface area contributed by atoms with E-state index < -0.39 is 5.97 Å². The van der Waals surface area contributed by atoms with Crippen molar-refractivity contribution in [3.8, 4) is 0 Å². The van der Waals surface area contributed by atoms with Gasteiger partial charge in [0.1, 0.15) is 5.76 Å². The van der Waals surface area contributed by atoms with Gasteiger partial charge < -0.3 is 19.9 Å². The molecule has 0 atom stereocenters. The lowest BCUT2D eigenvalue weighted by Gasteiger charge is -2.26. The summed E-state index contributed by atoms with van der Waals surface area (Å²) in [7, 11) is 0. The lowest BCUT2D eigenvalue weighted by Crippen LogP contribution is -2.34. The molecule has 19 heavy (non-hydrogen) atoms. The van der Waals surface area contributed by atoms with Crippen LogP contribution in [0.25, 0.3) is 0 Å². The number of hydrogen-bond acceptors (Lipinski definition) is 4. The van der Waals surface area contributed by atoms with E-state index in [2.05, 4.69) is 5.32 Å². The molecule has 1 heterocycles. The molecule has 0 aromatic carbocycles. The van der Waals surface area contributed by atoms with Gasteiger partial charge in [-0.1, -0.05) is 12.8 Å². The van der Waals surface area contributed by atoms with Crippen LogP contribution in [0.4, 0.5) is 0 Å². The standard InChI is InChI=1S/C14H21NO4/c1-10-6-11(19-12(10)13(17)18)7-15-8-14(9-16)4-2-3-5-14/h6,15-16H,2-5,7-9H2,1H3,(H,17,18). The summed E-state index contributed by atoms with van der Waals surface area (Å²) in [5.41, 5.74) is 0.638. The predicted molar refractivity (Wildman–Crippen MR) is 70.1 cm³/mol. The molecular weight excluding hydrogens is 246 g/mol. The Balaban J connectivity index is 1.89. The highest BCUT2D eigenvalue weighted by atomic mass is 16.4. The fourth-order valence-electron chi connectivity index (χ4n) is 2.81. The van der Waals surface area contributed by atoms with Gasteiger partial charge in [0.25, 0.3) is 0 Å². The van der Waals surface area contributed by atoms with Crippen molar-refractivity contribution in [2.75, 3.05) is 13.2 Å². The Hall–Kier alpha value is -1.33. The summed E-state index contributed by atoms with van der Waals surface area (Å²) in [6.07, 6.45) is 4.44. The van der Waals surface area contributed by atoms with Gasteiger partial charge in [0.05, 0.1) is 6.54 Å². The van der Waals surface area contributed by atoms with Gasteiger partial charge in [0.2, 0.25) is 5.76 Å². The molecule has 1 aromatic heterocycles. The first-order valence-corrected chi connectivity index (χ1v) is 6.70. The molecule has 0 radical (unpaired) electrons. The van der Waals surface area contributed by atoms with Gasteiger partial charge in [-0.3, -0.25) is 0 Å². The van der Waals surface area contributed by atoms with E-state index in [-0.39, 0.29) is 17.8 Å². The number of hydrogen-bond donors (Lipinski definition) is 3. The molecule has 0 spiro atoms. The number of carboxylic acids is 1. The van der Waals surface area contributed by atoms with E-state index in [1.54, 1.807) is 13.0 Å². The van der Waals surface area contributed by atoms with E-state index in [4.69, 9.17) is 9.52 Å². The number of rotatable bonds is 6. The molecule has 2 rings (SSSR count). The Morgan fingerprint density at radius 2 is 2.16 bits per heavy atom. The molecule has 0 amide bonds. The Bertz CT molecular complexity index is 446. The quantitative estimate of drug-likeness (QED) is 0.733. The van der Waals surface area contributed by atoms with E-state index in [0.717, 1.165) is 19.4 Å². The van der Waals surface area contributed by atoms with Crippen LogP contribution in [0, 0.1) is 12.3 Å². The fourth-order valence-corrected chi connectivity index (χ4v) is 2.81. The van der Waals surface area contributed by atoms with Crippen molar-refractivity contribution in [2.24, 2.45) is 5.41 Å². The maximum Gasteiger partial charge on any atom is 0.372 e. The Morgan fingerprint density at radius 3 is 2.68 bits per heavy atom. The van der Waals surface area contributed by atoms with E-state index >= 15 is 0 Å². The van der Waals surface area contributed by atoms with Gasteiger partial charge in [-0.2, -0.15) is 0 Å². The smallest absolute Gasteiger partial charge is 0.372 e. The average Bonchev–Trinajstić information content (AvgIpc) is 2.97. The molecule has 1 aliphatic rings. The first-order chi connectivity index (χ1) is 9.06. The van der Waals surface area contributed by atoms with Gasteiger partial charge >= 0.3 is 5.97 Å². The minimum atomic E-state index is -1.04. The monoisotopic (exact) mass is 267 g/mol. The zero-order valence-electron chi connectivity index (χ0n) is 11.2. The summed E-state index contributed by atoms with van der Waals surface area (Å²) in [6.45, 7) is 3.17. The third-order valence-electron chi connectivity index (χ3n) is 3.96. The largest absolute Gasteiger partial charge is 0.475 e. The summed E-state index contributed by atoms with van der Waals surface area (Å²) in [4.78, 5) is 10.9. The van der Waals surface area contributed by atoms with E-state index in [1.807, 2.05) is 0 Å². The van der Waals surface area contributed by atoms with Crippen molar-refractivity contribution >= 4 is 5.97 Å². The van der Waals surface area contributed by atoms with Crippen LogP contribution < -0.4 is 5.32 Å². The van der Waals surface area contributed by atoms with Crippen molar-refractivity contribution in [1.82, 2.24) is 5.32 Å². The molecule has 106 valence electrons. The minimum Gasteiger partial charge on any atom is -0.475 e. The highest BCUT2D eigenvalue weighted by Crippen LogP contribution is 2.36. The summed E-state index contributed by atoms with van der Waals surface area (Å²) in [6, 6.07) is 1.75. The number of furan rings is 1. The molecule has 0 bridgehead atoms. The topological polar surface area (TPSA) is 82.7 Å². The molecule has 1 aliphatic carbocycles. The van der Waals surface area contributed by atoms with E-state index in [0.29, 0.717) is 17.9 Å². The van der Waals surface area contributed by atoms with Crippen LogP contribution in [0.3, 0.4) is 0 Å². The molecule has 3 N–H and O–H groups in total. The van der Waals surface area contributed by atoms with Gasteiger partial charge in [-0.15, -0.1) is 0 Å². The number of aliphatic hydroxyl groups is 1. The van der Waals surface area contributed by atoms with Crippen LogP contribution in [0.1, 0.15) is 47.6 Å². The van der Waals surface area contributed by atoms with Crippen LogP contribution in [0.5, 0.6) is 0 Å². The first kappa shape index (κ1) is 14.1. The van der Waals surface area contributed by atoms with Crippen molar-refractivity contribution in [3.63, 3.8) is 0 Å². The maximum absolute atomic E-state index is 10.9. The van der Waals surface area contributed by atoms with E-state index in [1.165, 1.54) is 12.8 Å². The number of aryl methyl sites for hydroxylation is 1. The normalized spacial score (nSPS) is 17.8.